The Balaban J connectivity index is 2.15. The highest BCUT2D eigenvalue weighted by molar-refractivity contribution is 5.94. The quantitative estimate of drug-likeness (QED) is 0.587. The Hall–Kier alpha value is -2.69. The Morgan fingerprint density at radius 3 is 2.46 bits per heavy atom. The number of hydrogen-bond donors (Lipinski definition) is 0. The minimum Gasteiger partial charge on any atom is -0.469 e. The molecule has 0 heterocycles. The van der Waals surface area contributed by atoms with Gasteiger partial charge in [0.2, 0.25) is 0 Å². The average Bonchev–Trinajstić information content (AvgIpc) is 2.53. The van der Waals surface area contributed by atoms with E-state index in [4.69, 9.17) is 4.74 Å². The molecular formula is C19H19FO4. The van der Waals surface area contributed by atoms with Gasteiger partial charge in [0.05, 0.1) is 7.11 Å². The Kier molecular flexibility index (Phi) is 5.68. The SMILES string of the molecule is COC(=O)CCc1ccc(Oc2cc(F)cc(C(C)=O)c2)cc1C. The molecule has 0 aliphatic heterocycles. The molecule has 2 aromatic carbocycles. The lowest BCUT2D eigenvalue weighted by atomic mass is 10.0. The van der Waals surface area contributed by atoms with Gasteiger partial charge in [0.15, 0.2) is 5.78 Å². The van der Waals surface area contributed by atoms with Crippen molar-refractivity contribution >= 4 is 11.8 Å². The number of benzene rings is 2. The molecule has 0 aromatic heterocycles. The van der Waals surface area contributed by atoms with Gasteiger partial charge in [0, 0.05) is 18.1 Å². The molecule has 126 valence electrons. The Morgan fingerprint density at radius 1 is 1.08 bits per heavy atom. The number of carbonyl (C=O) groups is 2. The number of ketones is 1. The molecule has 0 fully saturated rings. The molecule has 2 aromatic rings. The summed E-state index contributed by atoms with van der Waals surface area (Å²) in [5.74, 6) is -0.208. The lowest BCUT2D eigenvalue weighted by molar-refractivity contribution is -0.140. The normalized spacial score (nSPS) is 10.3. The van der Waals surface area contributed by atoms with Gasteiger partial charge in [-0.2, -0.15) is 0 Å². The highest BCUT2D eigenvalue weighted by Gasteiger charge is 2.09. The summed E-state index contributed by atoms with van der Waals surface area (Å²) in [6.45, 7) is 3.28. The molecule has 0 radical (unpaired) electrons. The maximum absolute atomic E-state index is 13.6. The zero-order valence-corrected chi connectivity index (χ0v) is 13.9. The Morgan fingerprint density at radius 2 is 1.83 bits per heavy atom. The fourth-order valence-corrected chi connectivity index (χ4v) is 2.31. The predicted octanol–water partition coefficient (Wildman–Crippen LogP) is 4.23. The number of ether oxygens (including phenoxy) is 2. The summed E-state index contributed by atoms with van der Waals surface area (Å²) < 4.78 is 23.8. The molecule has 0 atom stereocenters. The van der Waals surface area contributed by atoms with Crippen LogP contribution in [0.4, 0.5) is 4.39 Å². The van der Waals surface area contributed by atoms with Crippen LogP contribution in [0.15, 0.2) is 36.4 Å². The minimum absolute atomic E-state index is 0.228. The van der Waals surface area contributed by atoms with Crippen molar-refractivity contribution in [1.82, 2.24) is 0 Å². The van der Waals surface area contributed by atoms with Crippen molar-refractivity contribution in [3.05, 3.63) is 58.9 Å². The molecule has 0 saturated carbocycles. The molecule has 0 aliphatic rings. The van der Waals surface area contributed by atoms with Crippen molar-refractivity contribution in [1.29, 1.82) is 0 Å². The number of carbonyl (C=O) groups excluding carboxylic acids is 2. The third kappa shape index (κ3) is 4.65. The van der Waals surface area contributed by atoms with Gasteiger partial charge in [-0.1, -0.05) is 6.07 Å². The maximum Gasteiger partial charge on any atom is 0.305 e. The number of esters is 1. The molecule has 0 aliphatic carbocycles. The number of Topliss-reactive ketones (excluding diaryl/α,β-unsaturated/α-hetero) is 1. The summed E-state index contributed by atoms with van der Waals surface area (Å²) in [6.07, 6.45) is 0.886. The van der Waals surface area contributed by atoms with E-state index in [0.29, 0.717) is 18.6 Å². The van der Waals surface area contributed by atoms with Gasteiger partial charge < -0.3 is 9.47 Å². The van der Waals surface area contributed by atoms with Gasteiger partial charge in [-0.25, -0.2) is 4.39 Å². The fraction of sp³-hybridized carbons (Fsp3) is 0.263. The average molecular weight is 330 g/mol. The summed E-state index contributed by atoms with van der Waals surface area (Å²) in [4.78, 5) is 22.6. The second-order valence-corrected chi connectivity index (χ2v) is 5.50. The van der Waals surface area contributed by atoms with E-state index in [2.05, 4.69) is 4.74 Å². The van der Waals surface area contributed by atoms with Crippen LogP contribution in [0.1, 0.15) is 34.8 Å². The van der Waals surface area contributed by atoms with Crippen molar-refractivity contribution in [2.75, 3.05) is 7.11 Å². The van der Waals surface area contributed by atoms with E-state index in [0.717, 1.165) is 11.1 Å². The summed E-state index contributed by atoms with van der Waals surface area (Å²) in [6, 6.07) is 9.33. The van der Waals surface area contributed by atoms with Gasteiger partial charge in [-0.3, -0.25) is 9.59 Å². The van der Waals surface area contributed by atoms with Gasteiger partial charge >= 0.3 is 5.97 Å². The van der Waals surface area contributed by atoms with E-state index in [9.17, 15) is 14.0 Å². The fourth-order valence-electron chi connectivity index (χ4n) is 2.31. The van der Waals surface area contributed by atoms with Crippen LogP contribution in [0.5, 0.6) is 11.5 Å². The van der Waals surface area contributed by atoms with Crippen molar-refractivity contribution in [3.63, 3.8) is 0 Å². The maximum atomic E-state index is 13.6. The molecule has 0 amide bonds. The summed E-state index contributed by atoms with van der Waals surface area (Å²) in [7, 11) is 1.36. The van der Waals surface area contributed by atoms with Gasteiger partial charge in [0.25, 0.3) is 0 Å². The highest BCUT2D eigenvalue weighted by atomic mass is 19.1. The molecule has 0 saturated heterocycles. The molecular weight excluding hydrogens is 311 g/mol. The van der Waals surface area contributed by atoms with Crippen LogP contribution < -0.4 is 4.74 Å². The number of aryl methyl sites for hydroxylation is 2. The molecule has 0 unspecified atom stereocenters. The summed E-state index contributed by atoms with van der Waals surface area (Å²) in [5.41, 5.74) is 2.23. The molecule has 0 N–H and O–H groups in total. The van der Waals surface area contributed by atoms with Gasteiger partial charge in [-0.05, 0) is 55.7 Å². The van der Waals surface area contributed by atoms with Crippen molar-refractivity contribution in [2.24, 2.45) is 0 Å². The second kappa shape index (κ2) is 7.73. The first kappa shape index (κ1) is 17.7. The Labute approximate surface area is 140 Å². The molecule has 2 rings (SSSR count). The van der Waals surface area contributed by atoms with Crippen LogP contribution in [-0.4, -0.2) is 18.9 Å². The molecule has 0 bridgehead atoms. The van der Waals surface area contributed by atoms with Gasteiger partial charge in [-0.15, -0.1) is 0 Å². The first-order valence-electron chi connectivity index (χ1n) is 7.55. The van der Waals surface area contributed by atoms with Crippen molar-refractivity contribution in [3.8, 4) is 11.5 Å². The van der Waals surface area contributed by atoms with Crippen LogP contribution in [0.2, 0.25) is 0 Å². The van der Waals surface area contributed by atoms with Gasteiger partial charge in [0.1, 0.15) is 17.3 Å². The molecule has 0 spiro atoms. The number of rotatable bonds is 6. The van der Waals surface area contributed by atoms with Crippen LogP contribution in [0, 0.1) is 12.7 Å². The monoisotopic (exact) mass is 330 g/mol. The van der Waals surface area contributed by atoms with Crippen molar-refractivity contribution in [2.45, 2.75) is 26.7 Å². The van der Waals surface area contributed by atoms with Crippen molar-refractivity contribution < 1.29 is 23.5 Å². The van der Waals surface area contributed by atoms with E-state index >= 15 is 0 Å². The van der Waals surface area contributed by atoms with E-state index in [-0.39, 0.29) is 23.1 Å². The number of hydrogen-bond acceptors (Lipinski definition) is 4. The summed E-state index contributed by atoms with van der Waals surface area (Å²) in [5, 5.41) is 0. The van der Waals surface area contributed by atoms with E-state index in [1.165, 1.54) is 32.2 Å². The van der Waals surface area contributed by atoms with E-state index in [1.807, 2.05) is 19.1 Å². The molecule has 5 heteroatoms. The highest BCUT2D eigenvalue weighted by Crippen LogP contribution is 2.26. The van der Waals surface area contributed by atoms with Crippen LogP contribution in [0.25, 0.3) is 0 Å². The summed E-state index contributed by atoms with van der Waals surface area (Å²) >= 11 is 0. The molecule has 4 nitrogen and oxygen atoms in total. The third-order valence-electron chi connectivity index (χ3n) is 3.65. The van der Waals surface area contributed by atoms with E-state index in [1.54, 1.807) is 6.07 Å². The lowest BCUT2D eigenvalue weighted by Crippen LogP contribution is -2.03. The van der Waals surface area contributed by atoms with Crippen LogP contribution in [0.3, 0.4) is 0 Å². The number of methoxy groups -OCH3 is 1. The molecule has 24 heavy (non-hydrogen) atoms. The van der Waals surface area contributed by atoms with E-state index < -0.39 is 5.82 Å². The smallest absolute Gasteiger partial charge is 0.305 e. The van der Waals surface area contributed by atoms with Crippen LogP contribution >= 0.6 is 0 Å². The number of halogens is 1. The Bertz CT molecular complexity index is 768. The van der Waals surface area contributed by atoms with Crippen LogP contribution in [-0.2, 0) is 16.0 Å². The zero-order valence-electron chi connectivity index (χ0n) is 13.9. The topological polar surface area (TPSA) is 52.6 Å². The lowest BCUT2D eigenvalue weighted by Gasteiger charge is -2.10. The predicted molar refractivity (Wildman–Crippen MR) is 88.0 cm³/mol. The zero-order chi connectivity index (χ0) is 17.7. The minimum atomic E-state index is -0.524. The third-order valence-corrected chi connectivity index (χ3v) is 3.65. The first-order valence-corrected chi connectivity index (χ1v) is 7.55. The largest absolute Gasteiger partial charge is 0.469 e. The first-order chi connectivity index (χ1) is 11.4. The second-order valence-electron chi connectivity index (χ2n) is 5.50. The standard InChI is InChI=1S/C19H19FO4/c1-12-8-17(6-4-14(12)5-7-19(22)23-3)24-18-10-15(13(2)21)9-16(20)11-18/h4,6,8-11H,5,7H2,1-3H3.